The van der Waals surface area contributed by atoms with Gasteiger partial charge in [0.25, 0.3) is 11.1 Å². The van der Waals surface area contributed by atoms with Crippen LogP contribution >= 0.6 is 11.8 Å². The molecule has 1 fully saturated rings. The molecule has 0 aliphatic carbocycles. The third-order valence-electron chi connectivity index (χ3n) is 3.80. The first-order valence-electron chi connectivity index (χ1n) is 8.13. The topological polar surface area (TPSA) is 72.9 Å². The molecule has 2 amide bonds. The van der Waals surface area contributed by atoms with Crippen LogP contribution in [0.3, 0.4) is 0 Å². The lowest BCUT2D eigenvalue weighted by Crippen LogP contribution is -2.27. The number of imide groups is 1. The van der Waals surface area contributed by atoms with Crippen LogP contribution in [0.25, 0.3) is 6.08 Å². The molecule has 0 atom stereocenters. The Morgan fingerprint density at radius 2 is 1.85 bits per heavy atom. The van der Waals surface area contributed by atoms with Crippen molar-refractivity contribution in [2.45, 2.75) is 13.5 Å². The summed E-state index contributed by atoms with van der Waals surface area (Å²) in [5.41, 5.74) is 1.54. The molecule has 1 aliphatic heterocycles. The van der Waals surface area contributed by atoms with E-state index in [9.17, 15) is 14.4 Å². The summed E-state index contributed by atoms with van der Waals surface area (Å²) in [4.78, 5) is 37.5. The highest BCUT2D eigenvalue weighted by Crippen LogP contribution is 2.35. The molecule has 138 valence electrons. The van der Waals surface area contributed by atoms with Crippen molar-refractivity contribution in [2.75, 3.05) is 7.11 Å². The molecule has 0 bridgehead atoms. The summed E-state index contributed by atoms with van der Waals surface area (Å²) in [6.07, 6.45) is 1.62. The molecule has 6 nitrogen and oxygen atoms in total. The fourth-order valence-corrected chi connectivity index (χ4v) is 3.41. The molecular formula is C20H17NO5S. The molecule has 0 N–H and O–H groups in total. The standard InChI is InChI=1S/C20H17NO5S/c1-13(22)26-16-9-8-15(10-17(16)25-2)11-18-19(23)21(20(24)27-18)12-14-6-4-3-5-7-14/h3-11H,12H2,1-2H3/b18-11+. The number of amides is 2. The highest BCUT2D eigenvalue weighted by atomic mass is 32.2. The number of rotatable bonds is 5. The Morgan fingerprint density at radius 3 is 2.52 bits per heavy atom. The van der Waals surface area contributed by atoms with Gasteiger partial charge in [-0.05, 0) is 41.1 Å². The molecule has 1 aliphatic rings. The molecule has 2 aromatic carbocycles. The molecule has 0 radical (unpaired) electrons. The highest BCUT2D eigenvalue weighted by Gasteiger charge is 2.34. The maximum absolute atomic E-state index is 12.6. The van der Waals surface area contributed by atoms with Crippen molar-refractivity contribution in [1.82, 2.24) is 4.90 Å². The van der Waals surface area contributed by atoms with Crippen LogP contribution in [0.1, 0.15) is 18.1 Å². The molecule has 0 saturated carbocycles. The maximum Gasteiger partial charge on any atom is 0.308 e. The van der Waals surface area contributed by atoms with Crippen LogP contribution in [0.15, 0.2) is 53.4 Å². The lowest BCUT2D eigenvalue weighted by atomic mass is 10.1. The third kappa shape index (κ3) is 4.38. The first kappa shape index (κ1) is 18.7. The second-order valence-electron chi connectivity index (χ2n) is 5.76. The van der Waals surface area contributed by atoms with E-state index in [4.69, 9.17) is 9.47 Å². The zero-order chi connectivity index (χ0) is 19.4. The summed E-state index contributed by atoms with van der Waals surface area (Å²) in [5.74, 6) is -0.137. The SMILES string of the molecule is COc1cc(/C=C2/SC(=O)N(Cc3ccccc3)C2=O)ccc1OC(C)=O. The number of hydrogen-bond donors (Lipinski definition) is 0. The van der Waals surface area contributed by atoms with Crippen molar-refractivity contribution in [1.29, 1.82) is 0 Å². The van der Waals surface area contributed by atoms with E-state index in [1.807, 2.05) is 30.3 Å². The van der Waals surface area contributed by atoms with Crippen molar-refractivity contribution < 1.29 is 23.9 Å². The van der Waals surface area contributed by atoms with Crippen LogP contribution < -0.4 is 9.47 Å². The summed E-state index contributed by atoms with van der Waals surface area (Å²) >= 11 is 0.897. The highest BCUT2D eigenvalue weighted by molar-refractivity contribution is 8.18. The van der Waals surface area contributed by atoms with Crippen LogP contribution in [0.4, 0.5) is 4.79 Å². The number of benzene rings is 2. The number of methoxy groups -OCH3 is 1. The third-order valence-corrected chi connectivity index (χ3v) is 4.70. The number of carbonyl (C=O) groups is 3. The van der Waals surface area contributed by atoms with Gasteiger partial charge in [0.05, 0.1) is 18.6 Å². The zero-order valence-electron chi connectivity index (χ0n) is 14.8. The molecule has 3 rings (SSSR count). The van der Waals surface area contributed by atoms with Gasteiger partial charge in [-0.15, -0.1) is 0 Å². The molecule has 7 heteroatoms. The molecule has 0 spiro atoms. The fourth-order valence-electron chi connectivity index (χ4n) is 2.57. The number of esters is 1. The number of nitrogens with zero attached hydrogens (tertiary/aromatic N) is 1. The lowest BCUT2D eigenvalue weighted by Gasteiger charge is -2.12. The molecular weight excluding hydrogens is 366 g/mol. The number of carbonyl (C=O) groups excluding carboxylic acids is 3. The summed E-state index contributed by atoms with van der Waals surface area (Å²) in [6, 6.07) is 14.2. The van der Waals surface area contributed by atoms with E-state index in [1.165, 1.54) is 18.9 Å². The van der Waals surface area contributed by atoms with Gasteiger partial charge in [0, 0.05) is 6.92 Å². The van der Waals surface area contributed by atoms with Gasteiger partial charge in [0.2, 0.25) is 0 Å². The van der Waals surface area contributed by atoms with E-state index in [2.05, 4.69) is 0 Å². The van der Waals surface area contributed by atoms with E-state index in [0.717, 1.165) is 17.3 Å². The summed E-state index contributed by atoms with van der Waals surface area (Å²) in [5, 5.41) is -0.307. The Bertz CT molecular complexity index is 923. The minimum absolute atomic E-state index is 0.234. The number of ether oxygens (including phenoxy) is 2. The Kier molecular flexibility index (Phi) is 5.61. The predicted octanol–water partition coefficient (Wildman–Crippen LogP) is 3.86. The average molecular weight is 383 g/mol. The van der Waals surface area contributed by atoms with Gasteiger partial charge in [-0.1, -0.05) is 36.4 Å². The van der Waals surface area contributed by atoms with Crippen molar-refractivity contribution in [3.8, 4) is 11.5 Å². The average Bonchev–Trinajstić information content (AvgIpc) is 2.91. The summed E-state index contributed by atoms with van der Waals surface area (Å²) in [6.45, 7) is 1.54. The fraction of sp³-hybridized carbons (Fsp3) is 0.150. The van der Waals surface area contributed by atoms with Gasteiger partial charge in [0.15, 0.2) is 11.5 Å². The zero-order valence-corrected chi connectivity index (χ0v) is 15.6. The first-order chi connectivity index (χ1) is 13.0. The Balaban J connectivity index is 1.82. The molecule has 1 saturated heterocycles. The Hall–Kier alpha value is -3.06. The van der Waals surface area contributed by atoms with Gasteiger partial charge in [-0.25, -0.2) is 0 Å². The minimum Gasteiger partial charge on any atom is -0.493 e. The molecule has 0 aromatic heterocycles. The largest absolute Gasteiger partial charge is 0.493 e. The number of thioether (sulfide) groups is 1. The molecule has 0 unspecified atom stereocenters. The van der Waals surface area contributed by atoms with E-state index >= 15 is 0 Å². The van der Waals surface area contributed by atoms with Crippen molar-refractivity contribution in [2.24, 2.45) is 0 Å². The van der Waals surface area contributed by atoms with Crippen molar-refractivity contribution in [3.63, 3.8) is 0 Å². The normalized spacial score (nSPS) is 15.3. The van der Waals surface area contributed by atoms with Gasteiger partial charge in [0.1, 0.15) is 0 Å². The number of hydrogen-bond acceptors (Lipinski definition) is 6. The van der Waals surface area contributed by atoms with Crippen molar-refractivity contribution in [3.05, 3.63) is 64.6 Å². The monoisotopic (exact) mass is 383 g/mol. The quantitative estimate of drug-likeness (QED) is 0.444. The van der Waals surface area contributed by atoms with E-state index in [1.54, 1.807) is 24.3 Å². The smallest absolute Gasteiger partial charge is 0.308 e. The molecule has 1 heterocycles. The van der Waals surface area contributed by atoms with E-state index in [-0.39, 0.29) is 17.7 Å². The van der Waals surface area contributed by atoms with Crippen LogP contribution in [0.5, 0.6) is 11.5 Å². The molecule has 27 heavy (non-hydrogen) atoms. The summed E-state index contributed by atoms with van der Waals surface area (Å²) < 4.78 is 10.3. The minimum atomic E-state index is -0.455. The van der Waals surface area contributed by atoms with Gasteiger partial charge < -0.3 is 9.47 Å². The second kappa shape index (κ2) is 8.09. The van der Waals surface area contributed by atoms with E-state index in [0.29, 0.717) is 22.0 Å². The Labute approximate surface area is 160 Å². The second-order valence-corrected chi connectivity index (χ2v) is 6.75. The Morgan fingerprint density at radius 1 is 1.11 bits per heavy atom. The van der Waals surface area contributed by atoms with Crippen LogP contribution in [-0.2, 0) is 16.1 Å². The van der Waals surface area contributed by atoms with Gasteiger partial charge >= 0.3 is 5.97 Å². The summed E-state index contributed by atoms with van der Waals surface area (Å²) in [7, 11) is 1.46. The van der Waals surface area contributed by atoms with Crippen LogP contribution in [-0.4, -0.2) is 29.1 Å². The maximum atomic E-state index is 12.6. The van der Waals surface area contributed by atoms with Crippen LogP contribution in [0, 0.1) is 0 Å². The van der Waals surface area contributed by atoms with Crippen LogP contribution in [0.2, 0.25) is 0 Å². The first-order valence-corrected chi connectivity index (χ1v) is 8.95. The predicted molar refractivity (Wildman–Crippen MR) is 102 cm³/mol. The van der Waals surface area contributed by atoms with Gasteiger partial charge in [-0.2, -0.15) is 0 Å². The van der Waals surface area contributed by atoms with Crippen molar-refractivity contribution >= 4 is 35.0 Å². The van der Waals surface area contributed by atoms with Gasteiger partial charge in [-0.3, -0.25) is 19.3 Å². The van der Waals surface area contributed by atoms with E-state index < -0.39 is 5.97 Å². The lowest BCUT2D eigenvalue weighted by molar-refractivity contribution is -0.132. The molecule has 2 aromatic rings.